The Bertz CT molecular complexity index is 533. The van der Waals surface area contributed by atoms with E-state index in [1.165, 1.54) is 89.9 Å². The molecule has 0 atom stereocenters. The zero-order chi connectivity index (χ0) is 21.9. The summed E-state index contributed by atoms with van der Waals surface area (Å²) in [5.41, 5.74) is 1.04. The van der Waals surface area contributed by atoms with Gasteiger partial charge in [-0.15, -0.1) is 0 Å². The van der Waals surface area contributed by atoms with Crippen LogP contribution in [0, 0.1) is 0 Å². The summed E-state index contributed by atoms with van der Waals surface area (Å²) in [7, 11) is 4.26. The first-order chi connectivity index (χ1) is 14.5. The van der Waals surface area contributed by atoms with Crippen molar-refractivity contribution in [1.82, 2.24) is 0 Å². The van der Waals surface area contributed by atoms with Gasteiger partial charge in [0.15, 0.2) is 6.54 Å². The van der Waals surface area contributed by atoms with Gasteiger partial charge in [-0.25, -0.2) is 4.79 Å². The van der Waals surface area contributed by atoms with Crippen LogP contribution in [0.4, 0.5) is 0 Å². The summed E-state index contributed by atoms with van der Waals surface area (Å²) >= 11 is 0. The first kappa shape index (κ1) is 30.1. The molecule has 0 unspecified atom stereocenters. The van der Waals surface area contributed by atoms with Crippen LogP contribution in [0.25, 0.3) is 0 Å². The second-order valence-corrected chi connectivity index (χ2v) is 9.56. The maximum absolute atomic E-state index is 12.1. The predicted octanol–water partition coefficient (Wildman–Crippen LogP) is 4.29. The van der Waals surface area contributed by atoms with E-state index >= 15 is 0 Å². The van der Waals surface area contributed by atoms with Gasteiger partial charge in [0, 0.05) is 0 Å². The van der Waals surface area contributed by atoms with Crippen LogP contribution in [0.15, 0.2) is 30.3 Å². The number of nitrogens with zero attached hydrogens (tertiary/aromatic N) is 1. The summed E-state index contributed by atoms with van der Waals surface area (Å²) in [6.45, 7) is 4.15. The molecule has 0 saturated heterocycles. The molecule has 0 radical (unpaired) electrons. The van der Waals surface area contributed by atoms with Gasteiger partial charge >= 0.3 is 5.97 Å². The summed E-state index contributed by atoms with van der Waals surface area (Å²) in [5.74, 6) is -0.103. The lowest BCUT2D eigenvalue weighted by atomic mass is 10.0. The molecule has 1 aromatic rings. The Morgan fingerprint density at radius 3 is 1.68 bits per heavy atom. The molecule has 0 aromatic heterocycles. The number of halogens is 1. The van der Waals surface area contributed by atoms with Crippen molar-refractivity contribution < 1.29 is 31.0 Å². The van der Waals surface area contributed by atoms with Gasteiger partial charge in [0.1, 0.15) is 6.61 Å². The molecule has 0 aliphatic carbocycles. The number of esters is 1. The highest BCUT2D eigenvalue weighted by atomic mass is 79.9. The van der Waals surface area contributed by atoms with Crippen molar-refractivity contribution >= 4 is 5.97 Å². The lowest BCUT2D eigenvalue weighted by Crippen LogP contribution is -3.00. The van der Waals surface area contributed by atoms with Crippen molar-refractivity contribution in [2.45, 2.75) is 103 Å². The molecule has 0 amide bonds. The molecule has 3 nitrogen and oxygen atoms in total. The molecule has 0 aliphatic rings. The van der Waals surface area contributed by atoms with Crippen LogP contribution in [0.1, 0.15) is 102 Å². The zero-order valence-corrected chi connectivity index (χ0v) is 22.1. The molecule has 1 aromatic carbocycles. The first-order valence-corrected chi connectivity index (χ1v) is 12.5. The number of carbonyl (C=O) groups is 1. The molecular weight excluding hydrogens is 450 g/mol. The normalized spacial score (nSPS) is 11.2. The maximum atomic E-state index is 12.1. The second-order valence-electron chi connectivity index (χ2n) is 9.56. The molecule has 0 aliphatic heterocycles. The van der Waals surface area contributed by atoms with Crippen molar-refractivity contribution in [2.24, 2.45) is 0 Å². The fraction of sp³-hybridized carbons (Fsp3) is 0.741. The van der Waals surface area contributed by atoms with Gasteiger partial charge in [-0.05, 0) is 18.4 Å². The van der Waals surface area contributed by atoms with Gasteiger partial charge in [0.05, 0.1) is 20.6 Å². The third-order valence-corrected chi connectivity index (χ3v) is 5.92. The lowest BCUT2D eigenvalue weighted by Gasteiger charge is -2.28. The van der Waals surface area contributed by atoms with E-state index in [1.54, 1.807) is 0 Å². The molecule has 1 rings (SSSR count). The summed E-state index contributed by atoms with van der Waals surface area (Å²) in [6, 6.07) is 9.89. The van der Waals surface area contributed by atoms with E-state index in [4.69, 9.17) is 4.74 Å². The van der Waals surface area contributed by atoms with Crippen molar-refractivity contribution in [3.05, 3.63) is 35.9 Å². The van der Waals surface area contributed by atoms with Gasteiger partial charge in [0.2, 0.25) is 0 Å². The smallest absolute Gasteiger partial charge is 0.362 e. The number of hydrogen-bond donors (Lipinski definition) is 0. The van der Waals surface area contributed by atoms with Crippen LogP contribution < -0.4 is 17.0 Å². The van der Waals surface area contributed by atoms with Gasteiger partial charge in [-0.3, -0.25) is 0 Å². The van der Waals surface area contributed by atoms with Crippen molar-refractivity contribution in [3.63, 3.8) is 0 Å². The molecule has 0 fully saturated rings. The minimum atomic E-state index is -0.103. The molecule has 0 N–H and O–H groups in total. The van der Waals surface area contributed by atoms with E-state index in [9.17, 15) is 4.79 Å². The number of likely N-dealkylation sites (N-methyl/N-ethyl adjacent to an activating group) is 1. The minimum Gasteiger partial charge on any atom is -1.00 e. The number of rotatable bonds is 19. The van der Waals surface area contributed by atoms with Crippen molar-refractivity contribution in [3.8, 4) is 0 Å². The van der Waals surface area contributed by atoms with Crippen molar-refractivity contribution in [1.29, 1.82) is 0 Å². The minimum absolute atomic E-state index is 0. The number of unbranched alkanes of at least 4 members (excludes halogenated alkanes) is 13. The van der Waals surface area contributed by atoms with Gasteiger partial charge in [-0.1, -0.05) is 114 Å². The van der Waals surface area contributed by atoms with Gasteiger partial charge in [-0.2, -0.15) is 0 Å². The van der Waals surface area contributed by atoms with Gasteiger partial charge < -0.3 is 26.2 Å². The fourth-order valence-electron chi connectivity index (χ4n) is 3.95. The Kier molecular flexibility index (Phi) is 19.2. The molecule has 180 valence electrons. The molecule has 31 heavy (non-hydrogen) atoms. The number of carbonyl (C=O) groups excluding carboxylic acids is 1. The average Bonchev–Trinajstić information content (AvgIpc) is 2.73. The molecular formula is C27H48BrNO2. The van der Waals surface area contributed by atoms with E-state index in [2.05, 4.69) is 21.0 Å². The zero-order valence-electron chi connectivity index (χ0n) is 20.5. The van der Waals surface area contributed by atoms with Crippen molar-refractivity contribution in [2.75, 3.05) is 27.2 Å². The lowest BCUT2D eigenvalue weighted by molar-refractivity contribution is -0.883. The number of benzene rings is 1. The van der Waals surface area contributed by atoms with Crippen LogP contribution >= 0.6 is 0 Å². The van der Waals surface area contributed by atoms with E-state index in [1.807, 2.05) is 30.3 Å². The highest BCUT2D eigenvalue weighted by Crippen LogP contribution is 2.13. The Labute approximate surface area is 203 Å². The van der Waals surface area contributed by atoms with Crippen LogP contribution in [-0.2, 0) is 16.1 Å². The monoisotopic (exact) mass is 497 g/mol. The van der Waals surface area contributed by atoms with E-state index in [0.717, 1.165) is 12.1 Å². The quantitative estimate of drug-likeness (QED) is 0.162. The number of ether oxygens (including phenoxy) is 1. The molecule has 0 bridgehead atoms. The highest BCUT2D eigenvalue weighted by Gasteiger charge is 2.20. The maximum Gasteiger partial charge on any atom is 0.362 e. The van der Waals surface area contributed by atoms with E-state index in [-0.39, 0.29) is 23.0 Å². The predicted molar refractivity (Wildman–Crippen MR) is 128 cm³/mol. The van der Waals surface area contributed by atoms with E-state index < -0.39 is 0 Å². The summed E-state index contributed by atoms with van der Waals surface area (Å²) in [5, 5.41) is 0. The molecule has 0 heterocycles. The Morgan fingerprint density at radius 2 is 1.19 bits per heavy atom. The summed E-state index contributed by atoms with van der Waals surface area (Å²) in [6.07, 6.45) is 19.3. The summed E-state index contributed by atoms with van der Waals surface area (Å²) in [4.78, 5) is 12.1. The largest absolute Gasteiger partial charge is 1.00 e. The first-order valence-electron chi connectivity index (χ1n) is 12.5. The number of hydrogen-bond acceptors (Lipinski definition) is 2. The third kappa shape index (κ3) is 18.4. The topological polar surface area (TPSA) is 26.3 Å². The van der Waals surface area contributed by atoms with Crippen LogP contribution in [0.5, 0.6) is 0 Å². The third-order valence-electron chi connectivity index (χ3n) is 5.92. The second kappa shape index (κ2) is 19.8. The standard InChI is InChI=1S/C27H48NO2.BrH/c1-4-5-6-7-8-9-10-11-12-13-14-15-16-20-23-28(2,3)24-27(29)30-25-26-21-18-17-19-22-26;/h17-19,21-22H,4-16,20,23-25H2,1-3H3;1H/q+1;/p-1. The Hall–Kier alpha value is -0.870. The molecule has 0 spiro atoms. The highest BCUT2D eigenvalue weighted by molar-refractivity contribution is 5.70. The van der Waals surface area contributed by atoms with Crippen LogP contribution in [0.2, 0.25) is 0 Å². The average molecular weight is 499 g/mol. The van der Waals surface area contributed by atoms with Crippen LogP contribution in [-0.4, -0.2) is 37.6 Å². The Morgan fingerprint density at radius 1 is 0.742 bits per heavy atom. The SMILES string of the molecule is CCCCCCCCCCCCCCCC[N+](C)(C)CC(=O)OCc1ccccc1.[Br-]. The summed E-state index contributed by atoms with van der Waals surface area (Å²) < 4.78 is 6.15. The number of quaternary nitrogens is 1. The van der Waals surface area contributed by atoms with Gasteiger partial charge in [0.25, 0.3) is 0 Å². The van der Waals surface area contributed by atoms with Crippen LogP contribution in [0.3, 0.4) is 0 Å². The molecule has 4 heteroatoms. The van der Waals surface area contributed by atoms with E-state index in [0.29, 0.717) is 17.6 Å². The molecule has 0 saturated carbocycles. The Balaban J connectivity index is 0.00000900. The fourth-order valence-corrected chi connectivity index (χ4v) is 3.95.